The van der Waals surface area contributed by atoms with E-state index in [1.165, 1.54) is 16.6 Å². The fourth-order valence-electron chi connectivity index (χ4n) is 4.26. The highest BCUT2D eigenvalue weighted by Gasteiger charge is 2.30. The fourth-order valence-corrected chi connectivity index (χ4v) is 4.26. The summed E-state index contributed by atoms with van der Waals surface area (Å²) in [4.78, 5) is 5.70. The maximum absolute atomic E-state index is 14.9. The van der Waals surface area contributed by atoms with Crippen molar-refractivity contribution in [1.29, 1.82) is 0 Å². The monoisotopic (exact) mass is 429 g/mol. The molecule has 4 aromatic rings. The van der Waals surface area contributed by atoms with Crippen molar-refractivity contribution >= 4 is 16.7 Å². The van der Waals surface area contributed by atoms with Crippen LogP contribution in [0.2, 0.25) is 0 Å². The Balaban J connectivity index is 1.60. The number of benzene rings is 1. The van der Waals surface area contributed by atoms with Crippen molar-refractivity contribution in [2.75, 3.05) is 6.54 Å². The largest absolute Gasteiger partial charge is 0.312 e. The van der Waals surface area contributed by atoms with E-state index in [2.05, 4.69) is 39.4 Å². The van der Waals surface area contributed by atoms with Gasteiger partial charge in [-0.25, -0.2) is 22.7 Å². The van der Waals surface area contributed by atoms with Crippen LogP contribution < -0.4 is 5.32 Å². The van der Waals surface area contributed by atoms with E-state index in [0.717, 1.165) is 19.4 Å². The zero-order chi connectivity index (χ0) is 21.9. The smallest absolute Gasteiger partial charge is 0.267 e. The van der Waals surface area contributed by atoms with Crippen molar-refractivity contribution in [2.45, 2.75) is 51.6 Å². The molecule has 1 N–H and O–H groups in total. The lowest BCUT2D eigenvalue weighted by Crippen LogP contribution is -2.47. The first-order valence-electron chi connectivity index (χ1n) is 10.2. The summed E-state index contributed by atoms with van der Waals surface area (Å²) >= 11 is 0. The van der Waals surface area contributed by atoms with Gasteiger partial charge in [-0.1, -0.05) is 0 Å². The standard InChI is InChI=1S/C21H22F3N7/c1-11-10-30-20(26-11)14(19(23)24)8-16(27-30)12-6-15(22)18-17(7-12)28-31(29-18)13-4-5-25-21(2,3)9-13/h6-8,10,13,19,25H,4-5,9H2,1-3H3/t13-/m1/s1. The second-order valence-corrected chi connectivity index (χ2v) is 8.74. The molecule has 0 unspecified atom stereocenters. The zero-order valence-electron chi connectivity index (χ0n) is 17.4. The molecule has 3 aromatic heterocycles. The quantitative estimate of drug-likeness (QED) is 0.528. The van der Waals surface area contributed by atoms with Crippen LogP contribution in [0.1, 0.15) is 50.4 Å². The summed E-state index contributed by atoms with van der Waals surface area (Å²) < 4.78 is 43.5. The molecule has 1 aliphatic rings. The summed E-state index contributed by atoms with van der Waals surface area (Å²) in [5, 5.41) is 16.7. The van der Waals surface area contributed by atoms with Gasteiger partial charge in [0.15, 0.2) is 11.5 Å². The summed E-state index contributed by atoms with van der Waals surface area (Å²) in [5.41, 5.74) is 1.47. The molecule has 0 aliphatic carbocycles. The van der Waals surface area contributed by atoms with Crippen molar-refractivity contribution in [2.24, 2.45) is 0 Å². The lowest BCUT2D eigenvalue weighted by atomic mass is 9.90. The minimum absolute atomic E-state index is 0.0552. The van der Waals surface area contributed by atoms with Gasteiger partial charge in [0.1, 0.15) is 11.0 Å². The maximum Gasteiger partial charge on any atom is 0.267 e. The molecule has 162 valence electrons. The van der Waals surface area contributed by atoms with Crippen LogP contribution in [0.5, 0.6) is 0 Å². The summed E-state index contributed by atoms with van der Waals surface area (Å²) in [6, 6.07) is 4.22. The highest BCUT2D eigenvalue weighted by molar-refractivity contribution is 5.81. The molecular formula is C21H22F3N7. The van der Waals surface area contributed by atoms with Crippen molar-refractivity contribution < 1.29 is 13.2 Å². The Kier molecular flexibility index (Phi) is 4.51. The van der Waals surface area contributed by atoms with E-state index in [1.54, 1.807) is 24.0 Å². The van der Waals surface area contributed by atoms with Gasteiger partial charge < -0.3 is 5.32 Å². The van der Waals surface area contributed by atoms with E-state index in [0.29, 0.717) is 16.8 Å². The topological polar surface area (TPSA) is 72.9 Å². The lowest BCUT2D eigenvalue weighted by Gasteiger charge is -2.35. The van der Waals surface area contributed by atoms with E-state index in [-0.39, 0.29) is 34.0 Å². The Bertz CT molecular complexity index is 1290. The van der Waals surface area contributed by atoms with Gasteiger partial charge in [0.25, 0.3) is 6.43 Å². The first kappa shape index (κ1) is 19.9. The number of nitrogens with zero attached hydrogens (tertiary/aromatic N) is 6. The molecule has 1 atom stereocenters. The van der Waals surface area contributed by atoms with E-state index >= 15 is 0 Å². The molecule has 5 rings (SSSR count). The van der Waals surface area contributed by atoms with Gasteiger partial charge in [-0.2, -0.15) is 15.0 Å². The second-order valence-electron chi connectivity index (χ2n) is 8.74. The predicted molar refractivity (Wildman–Crippen MR) is 110 cm³/mol. The Morgan fingerprint density at radius 1 is 1.16 bits per heavy atom. The molecule has 4 heterocycles. The Hall–Kier alpha value is -3.01. The van der Waals surface area contributed by atoms with Crippen LogP contribution in [0, 0.1) is 12.7 Å². The number of hydrogen-bond donors (Lipinski definition) is 1. The van der Waals surface area contributed by atoms with Gasteiger partial charge >= 0.3 is 0 Å². The predicted octanol–water partition coefficient (Wildman–Crippen LogP) is 4.23. The van der Waals surface area contributed by atoms with Crippen molar-refractivity contribution in [3.63, 3.8) is 0 Å². The molecule has 1 saturated heterocycles. The molecule has 0 radical (unpaired) electrons. The van der Waals surface area contributed by atoms with E-state index in [4.69, 9.17) is 0 Å². The molecule has 0 amide bonds. The number of alkyl halides is 2. The van der Waals surface area contributed by atoms with Crippen LogP contribution in [0.15, 0.2) is 24.4 Å². The van der Waals surface area contributed by atoms with Gasteiger partial charge in [-0.3, -0.25) is 0 Å². The number of halogens is 3. The van der Waals surface area contributed by atoms with Gasteiger partial charge in [0.2, 0.25) is 0 Å². The third-order valence-electron chi connectivity index (χ3n) is 5.71. The van der Waals surface area contributed by atoms with E-state index < -0.39 is 12.2 Å². The molecule has 7 nitrogen and oxygen atoms in total. The summed E-state index contributed by atoms with van der Waals surface area (Å²) in [6.45, 7) is 6.76. The number of nitrogens with one attached hydrogen (secondary N) is 1. The number of rotatable bonds is 3. The molecule has 0 spiro atoms. The Morgan fingerprint density at radius 3 is 2.71 bits per heavy atom. The molecule has 10 heteroatoms. The second kappa shape index (κ2) is 7.01. The van der Waals surface area contributed by atoms with Crippen LogP contribution in [-0.2, 0) is 0 Å². The average molecular weight is 429 g/mol. The molecule has 1 aliphatic heterocycles. The molecule has 0 bridgehead atoms. The third-order valence-corrected chi connectivity index (χ3v) is 5.71. The fraction of sp³-hybridized carbons (Fsp3) is 0.429. The van der Waals surface area contributed by atoms with Crippen LogP contribution in [0.25, 0.3) is 27.9 Å². The van der Waals surface area contributed by atoms with Crippen molar-refractivity contribution in [1.82, 2.24) is 34.9 Å². The first-order valence-corrected chi connectivity index (χ1v) is 10.2. The Labute approximate surface area is 176 Å². The van der Waals surface area contributed by atoms with E-state index in [9.17, 15) is 13.2 Å². The summed E-state index contributed by atoms with van der Waals surface area (Å²) in [6.07, 6.45) is 0.492. The van der Waals surface area contributed by atoms with Gasteiger partial charge in [-0.05, 0) is 58.4 Å². The zero-order valence-corrected chi connectivity index (χ0v) is 17.4. The number of aryl methyl sites for hydroxylation is 1. The molecular weight excluding hydrogens is 407 g/mol. The van der Waals surface area contributed by atoms with Crippen LogP contribution >= 0.6 is 0 Å². The molecule has 31 heavy (non-hydrogen) atoms. The lowest BCUT2D eigenvalue weighted by molar-refractivity contribution is 0.152. The van der Waals surface area contributed by atoms with Crippen LogP contribution in [0.4, 0.5) is 13.2 Å². The van der Waals surface area contributed by atoms with Crippen molar-refractivity contribution in [3.8, 4) is 11.3 Å². The minimum atomic E-state index is -2.73. The van der Waals surface area contributed by atoms with E-state index in [1.807, 2.05) is 0 Å². The minimum Gasteiger partial charge on any atom is -0.312 e. The van der Waals surface area contributed by atoms with Crippen LogP contribution in [0.3, 0.4) is 0 Å². The number of hydrogen-bond acceptors (Lipinski definition) is 5. The van der Waals surface area contributed by atoms with Gasteiger partial charge in [0, 0.05) is 11.1 Å². The molecule has 0 saturated carbocycles. The number of aromatic nitrogens is 6. The van der Waals surface area contributed by atoms with Crippen LogP contribution in [-0.4, -0.2) is 41.7 Å². The maximum atomic E-state index is 14.9. The number of piperidine rings is 1. The third kappa shape index (κ3) is 3.54. The first-order chi connectivity index (χ1) is 14.7. The highest BCUT2D eigenvalue weighted by Crippen LogP contribution is 2.31. The highest BCUT2D eigenvalue weighted by atomic mass is 19.3. The van der Waals surface area contributed by atoms with Gasteiger partial charge in [-0.15, -0.1) is 5.10 Å². The molecule has 1 aromatic carbocycles. The summed E-state index contributed by atoms with van der Waals surface area (Å²) in [5.74, 6) is -0.561. The Morgan fingerprint density at radius 2 is 1.97 bits per heavy atom. The normalized spacial score (nSPS) is 19.0. The SMILES string of the molecule is Cc1cn2nc(-c3cc(F)c4nn([C@@H]5CCNC(C)(C)C5)nc4c3)cc(C(F)F)c2n1. The molecule has 1 fully saturated rings. The number of fused-ring (bicyclic) bond motifs is 2. The number of imidazole rings is 1. The van der Waals surface area contributed by atoms with Gasteiger partial charge in [0.05, 0.1) is 29.2 Å². The summed E-state index contributed by atoms with van der Waals surface area (Å²) in [7, 11) is 0. The van der Waals surface area contributed by atoms with Crippen molar-refractivity contribution in [3.05, 3.63) is 41.5 Å². The average Bonchev–Trinajstić information content (AvgIpc) is 3.29.